The summed E-state index contributed by atoms with van der Waals surface area (Å²) in [5.41, 5.74) is 4.52. The summed E-state index contributed by atoms with van der Waals surface area (Å²) in [6, 6.07) is 11.3. The van der Waals surface area contributed by atoms with Crippen LogP contribution in [0.2, 0.25) is 5.02 Å². The maximum atomic E-state index is 11.7. The number of nitrogens with zero attached hydrogens (tertiary/aromatic N) is 3. The fourth-order valence-corrected chi connectivity index (χ4v) is 3.63. The molecule has 2 aromatic carbocycles. The molecule has 0 N–H and O–H groups in total. The number of carbonyl (C=O) groups is 1. The molecule has 28 heavy (non-hydrogen) atoms. The van der Waals surface area contributed by atoms with Crippen LogP contribution in [-0.4, -0.2) is 23.0 Å². The summed E-state index contributed by atoms with van der Waals surface area (Å²) in [6.07, 6.45) is 3.95. The number of aryl methyl sites for hydroxylation is 1. The third kappa shape index (κ3) is 3.12. The first-order chi connectivity index (χ1) is 13.4. The van der Waals surface area contributed by atoms with E-state index in [1.807, 2.05) is 19.1 Å². The molecule has 1 aromatic heterocycles. The molecular formula is C22H20ClN3O2. The van der Waals surface area contributed by atoms with Gasteiger partial charge in [-0.15, -0.1) is 0 Å². The molecular weight excluding hydrogens is 374 g/mol. The third-order valence-corrected chi connectivity index (χ3v) is 5.34. The van der Waals surface area contributed by atoms with Gasteiger partial charge in [-0.1, -0.05) is 37.6 Å². The molecule has 0 radical (unpaired) electrons. The average molecular weight is 394 g/mol. The van der Waals surface area contributed by atoms with Gasteiger partial charge >= 0.3 is 0 Å². The van der Waals surface area contributed by atoms with Crippen LogP contribution in [0.15, 0.2) is 48.8 Å². The molecule has 6 heteroatoms. The molecule has 1 aliphatic heterocycles. The molecule has 0 fully saturated rings. The molecule has 0 bridgehead atoms. The molecule has 3 aromatic rings. The number of ether oxygens (including phenoxy) is 1. The van der Waals surface area contributed by atoms with E-state index in [2.05, 4.69) is 35.9 Å². The Labute approximate surface area is 169 Å². The number of benzene rings is 2. The van der Waals surface area contributed by atoms with Gasteiger partial charge in [0.2, 0.25) is 6.41 Å². The zero-order chi connectivity index (χ0) is 19.9. The van der Waals surface area contributed by atoms with Crippen LogP contribution in [0, 0.1) is 6.92 Å². The first-order valence-corrected chi connectivity index (χ1v) is 9.38. The van der Waals surface area contributed by atoms with Gasteiger partial charge in [0.05, 0.1) is 35.4 Å². The second-order valence-corrected chi connectivity index (χ2v) is 7.93. The summed E-state index contributed by atoms with van der Waals surface area (Å²) in [5, 5.41) is 0.470. The molecule has 0 saturated carbocycles. The highest BCUT2D eigenvalue weighted by Gasteiger charge is 2.32. The second kappa shape index (κ2) is 6.91. The number of rotatable bonds is 4. The molecule has 2 heterocycles. The van der Waals surface area contributed by atoms with E-state index in [0.717, 1.165) is 22.6 Å². The van der Waals surface area contributed by atoms with Gasteiger partial charge in [0, 0.05) is 16.5 Å². The molecule has 142 valence electrons. The van der Waals surface area contributed by atoms with Crippen molar-refractivity contribution in [1.82, 2.24) is 9.97 Å². The van der Waals surface area contributed by atoms with Crippen molar-refractivity contribution >= 4 is 29.5 Å². The quantitative estimate of drug-likeness (QED) is 0.580. The fraction of sp³-hybridized carbons (Fsp3) is 0.227. The van der Waals surface area contributed by atoms with Crippen LogP contribution in [0.1, 0.15) is 25.0 Å². The number of aromatic nitrogens is 2. The number of hydrogen-bond acceptors (Lipinski definition) is 4. The van der Waals surface area contributed by atoms with Gasteiger partial charge in [0.15, 0.2) is 5.82 Å². The van der Waals surface area contributed by atoms with E-state index in [-0.39, 0.29) is 5.41 Å². The first kappa shape index (κ1) is 18.4. The standard InChI is InChI=1S/C22H20ClN3O2/c1-14-8-20-16(22(2,3)12-28-20)9-15(14)18-10-25-21(11-24-18)26(13-27)19-7-5-4-6-17(19)23/h4-11,13H,12H2,1-3H3. The van der Waals surface area contributed by atoms with Gasteiger partial charge in [-0.3, -0.25) is 14.7 Å². The van der Waals surface area contributed by atoms with Crippen LogP contribution >= 0.6 is 11.6 Å². The van der Waals surface area contributed by atoms with Crippen molar-refractivity contribution in [1.29, 1.82) is 0 Å². The number of halogens is 1. The van der Waals surface area contributed by atoms with Crippen LogP contribution in [0.25, 0.3) is 11.3 Å². The Balaban J connectivity index is 1.71. The van der Waals surface area contributed by atoms with Crippen LogP contribution in [0.5, 0.6) is 5.75 Å². The molecule has 1 aliphatic rings. The van der Waals surface area contributed by atoms with Crippen LogP contribution in [0.3, 0.4) is 0 Å². The van der Waals surface area contributed by atoms with E-state index >= 15 is 0 Å². The lowest BCUT2D eigenvalue weighted by Crippen LogP contribution is -2.18. The van der Waals surface area contributed by atoms with Crippen LogP contribution in [-0.2, 0) is 10.2 Å². The Morgan fingerprint density at radius 1 is 1.18 bits per heavy atom. The Hall–Kier alpha value is -2.92. The molecule has 0 unspecified atom stereocenters. The van der Waals surface area contributed by atoms with Gasteiger partial charge in [0.1, 0.15) is 5.75 Å². The number of para-hydroxylation sites is 1. The van der Waals surface area contributed by atoms with E-state index < -0.39 is 0 Å². The van der Waals surface area contributed by atoms with Crippen molar-refractivity contribution in [2.75, 3.05) is 11.5 Å². The lowest BCUT2D eigenvalue weighted by Gasteiger charge is -2.18. The minimum Gasteiger partial charge on any atom is -0.492 e. The van der Waals surface area contributed by atoms with Gasteiger partial charge in [0.25, 0.3) is 0 Å². The summed E-state index contributed by atoms with van der Waals surface area (Å²) in [7, 11) is 0. The highest BCUT2D eigenvalue weighted by Crippen LogP contribution is 2.42. The Bertz CT molecular complexity index is 1050. The van der Waals surface area contributed by atoms with Crippen molar-refractivity contribution < 1.29 is 9.53 Å². The summed E-state index contributed by atoms with van der Waals surface area (Å²) >= 11 is 6.22. The van der Waals surface area contributed by atoms with Gasteiger partial charge in [-0.05, 0) is 36.8 Å². The fourth-order valence-electron chi connectivity index (χ4n) is 3.41. The molecule has 5 nitrogen and oxygen atoms in total. The molecule has 0 aliphatic carbocycles. The van der Waals surface area contributed by atoms with Crippen molar-refractivity contribution in [3.8, 4) is 17.0 Å². The number of amides is 1. The lowest BCUT2D eigenvalue weighted by atomic mass is 9.85. The zero-order valence-electron chi connectivity index (χ0n) is 15.9. The number of anilines is 2. The average Bonchev–Trinajstić information content (AvgIpc) is 2.98. The van der Waals surface area contributed by atoms with E-state index in [1.165, 1.54) is 10.5 Å². The van der Waals surface area contributed by atoms with Crippen LogP contribution in [0.4, 0.5) is 11.5 Å². The second-order valence-electron chi connectivity index (χ2n) is 7.52. The van der Waals surface area contributed by atoms with Crippen molar-refractivity contribution in [3.63, 3.8) is 0 Å². The van der Waals surface area contributed by atoms with Gasteiger partial charge < -0.3 is 4.74 Å². The van der Waals surface area contributed by atoms with Gasteiger partial charge in [-0.2, -0.15) is 0 Å². The van der Waals surface area contributed by atoms with Crippen LogP contribution < -0.4 is 9.64 Å². The zero-order valence-corrected chi connectivity index (χ0v) is 16.7. The molecule has 1 amide bonds. The highest BCUT2D eigenvalue weighted by molar-refractivity contribution is 6.33. The normalized spacial score (nSPS) is 14.3. The van der Waals surface area contributed by atoms with Crippen molar-refractivity contribution in [2.45, 2.75) is 26.2 Å². The first-order valence-electron chi connectivity index (χ1n) is 9.00. The topological polar surface area (TPSA) is 55.3 Å². The largest absolute Gasteiger partial charge is 0.492 e. The van der Waals surface area contributed by atoms with E-state index in [1.54, 1.807) is 24.5 Å². The monoisotopic (exact) mass is 393 g/mol. The number of hydrogen-bond donors (Lipinski definition) is 0. The van der Waals surface area contributed by atoms with Crippen molar-refractivity contribution in [3.05, 3.63) is 64.9 Å². The maximum Gasteiger partial charge on any atom is 0.219 e. The summed E-state index contributed by atoms with van der Waals surface area (Å²) in [5.74, 6) is 1.34. The maximum absolute atomic E-state index is 11.7. The lowest BCUT2D eigenvalue weighted by molar-refractivity contribution is -0.106. The Kier molecular flexibility index (Phi) is 4.55. The van der Waals surface area contributed by atoms with Gasteiger partial charge in [-0.25, -0.2) is 4.98 Å². The smallest absolute Gasteiger partial charge is 0.219 e. The Morgan fingerprint density at radius 2 is 1.96 bits per heavy atom. The minimum atomic E-state index is -0.0382. The molecule has 0 spiro atoms. The van der Waals surface area contributed by atoms with E-state index in [9.17, 15) is 4.79 Å². The molecule has 4 rings (SSSR count). The Morgan fingerprint density at radius 3 is 2.64 bits per heavy atom. The third-order valence-electron chi connectivity index (χ3n) is 5.02. The van der Waals surface area contributed by atoms with E-state index in [0.29, 0.717) is 29.5 Å². The molecule has 0 saturated heterocycles. The number of carbonyl (C=O) groups excluding carboxylic acids is 1. The minimum absolute atomic E-state index is 0.0382. The molecule has 0 atom stereocenters. The van der Waals surface area contributed by atoms with Crippen molar-refractivity contribution in [2.24, 2.45) is 0 Å². The summed E-state index contributed by atoms with van der Waals surface area (Å²) in [6.45, 7) is 7.03. The predicted molar refractivity (Wildman–Crippen MR) is 110 cm³/mol. The summed E-state index contributed by atoms with van der Waals surface area (Å²) < 4.78 is 5.82. The SMILES string of the molecule is Cc1cc2c(cc1-c1cnc(N(C=O)c3ccccc3Cl)cn1)C(C)(C)CO2. The predicted octanol–water partition coefficient (Wildman–Crippen LogP) is 5.07. The number of fused-ring (bicyclic) bond motifs is 1. The summed E-state index contributed by atoms with van der Waals surface area (Å²) in [4.78, 5) is 22.0. The van der Waals surface area contributed by atoms with E-state index in [4.69, 9.17) is 16.3 Å². The highest BCUT2D eigenvalue weighted by atomic mass is 35.5.